The summed E-state index contributed by atoms with van der Waals surface area (Å²) in [6, 6.07) is 0. The summed E-state index contributed by atoms with van der Waals surface area (Å²) in [4.78, 5) is 0. The van der Waals surface area contributed by atoms with Gasteiger partial charge in [-0.1, -0.05) is 0 Å². The van der Waals surface area contributed by atoms with Crippen molar-refractivity contribution in [3.8, 4) is 0 Å². The summed E-state index contributed by atoms with van der Waals surface area (Å²) in [5, 5.41) is 0. The first kappa shape index (κ1) is 10.4. The van der Waals surface area contributed by atoms with E-state index >= 15 is 0 Å². The summed E-state index contributed by atoms with van der Waals surface area (Å²) in [7, 11) is -2.55. The monoisotopic (exact) mass is 208 g/mol. The van der Waals surface area contributed by atoms with Crippen molar-refractivity contribution >= 4 is 21.6 Å². The smallest absolute Gasteiger partial charge is 0.150 e. The molecule has 12 heavy (non-hydrogen) atoms. The van der Waals surface area contributed by atoms with E-state index in [-0.39, 0.29) is 0 Å². The molecular formula is C8H16O2S2. The minimum atomic E-state index is -2.55. The average molecular weight is 208 g/mol. The molecule has 2 aliphatic heterocycles. The third-order valence-corrected chi connectivity index (χ3v) is 4.96. The zero-order valence-electron chi connectivity index (χ0n) is 7.29. The van der Waals surface area contributed by atoms with Crippen LogP contribution in [0.25, 0.3) is 0 Å². The van der Waals surface area contributed by atoms with Gasteiger partial charge in [0.15, 0.2) is 0 Å². The Hall–Kier alpha value is 0.300. The quantitative estimate of drug-likeness (QED) is 0.608. The third-order valence-electron chi connectivity index (χ3n) is 1.99. The van der Waals surface area contributed by atoms with Gasteiger partial charge >= 0.3 is 0 Å². The van der Waals surface area contributed by atoms with Crippen LogP contribution in [-0.2, 0) is 9.84 Å². The molecule has 2 aliphatic rings. The van der Waals surface area contributed by atoms with Gasteiger partial charge in [-0.15, -0.1) is 0 Å². The van der Waals surface area contributed by atoms with Crippen molar-refractivity contribution in [2.75, 3.05) is 23.0 Å². The van der Waals surface area contributed by atoms with Crippen LogP contribution in [0.3, 0.4) is 0 Å². The Labute approximate surface area is 79.0 Å². The number of hydrogen-bond acceptors (Lipinski definition) is 3. The molecule has 0 spiro atoms. The van der Waals surface area contributed by atoms with E-state index in [4.69, 9.17) is 0 Å². The van der Waals surface area contributed by atoms with Crippen LogP contribution in [0.1, 0.15) is 25.7 Å². The van der Waals surface area contributed by atoms with Gasteiger partial charge < -0.3 is 0 Å². The summed E-state index contributed by atoms with van der Waals surface area (Å²) in [6.45, 7) is 0. The Morgan fingerprint density at radius 3 is 1.50 bits per heavy atom. The molecule has 2 heterocycles. The van der Waals surface area contributed by atoms with E-state index < -0.39 is 9.84 Å². The fourth-order valence-electron chi connectivity index (χ4n) is 1.26. The van der Waals surface area contributed by atoms with Crippen LogP contribution >= 0.6 is 11.8 Å². The molecule has 2 rings (SSSR count). The summed E-state index contributed by atoms with van der Waals surface area (Å²) in [5.41, 5.74) is 0. The molecule has 2 saturated heterocycles. The first-order valence-electron chi connectivity index (χ1n) is 4.49. The molecule has 0 saturated carbocycles. The summed E-state index contributed by atoms with van der Waals surface area (Å²) < 4.78 is 20.9. The van der Waals surface area contributed by atoms with Gasteiger partial charge in [-0.25, -0.2) is 8.42 Å². The Balaban J connectivity index is 0.000000127. The average Bonchev–Trinajstić information content (AvgIpc) is 2.60. The highest BCUT2D eigenvalue weighted by Gasteiger charge is 2.16. The van der Waals surface area contributed by atoms with Crippen LogP contribution in [0.2, 0.25) is 0 Å². The summed E-state index contributed by atoms with van der Waals surface area (Å²) in [6.07, 6.45) is 4.68. The van der Waals surface area contributed by atoms with Crippen molar-refractivity contribution in [1.29, 1.82) is 0 Å². The van der Waals surface area contributed by atoms with E-state index in [1.165, 1.54) is 24.3 Å². The fraction of sp³-hybridized carbons (Fsp3) is 1.00. The van der Waals surface area contributed by atoms with E-state index in [1.54, 1.807) is 0 Å². The van der Waals surface area contributed by atoms with Crippen LogP contribution in [0, 0.1) is 0 Å². The van der Waals surface area contributed by atoms with E-state index in [9.17, 15) is 8.42 Å². The molecule has 0 N–H and O–H groups in total. The SMILES string of the molecule is C1CCSC1.O=S1(=O)CCCC1. The second-order valence-corrected chi connectivity index (χ2v) is 6.71. The molecule has 0 aromatic heterocycles. The van der Waals surface area contributed by atoms with Crippen molar-refractivity contribution < 1.29 is 8.42 Å². The van der Waals surface area contributed by atoms with Gasteiger partial charge in [0.1, 0.15) is 9.84 Å². The van der Waals surface area contributed by atoms with Crippen molar-refractivity contribution in [3.63, 3.8) is 0 Å². The number of sulfone groups is 1. The molecule has 0 radical (unpaired) electrons. The minimum absolute atomic E-state index is 0.424. The normalized spacial score (nSPS) is 26.3. The molecule has 0 atom stereocenters. The highest BCUT2D eigenvalue weighted by Crippen LogP contribution is 2.14. The fourth-order valence-corrected chi connectivity index (χ4v) is 3.77. The Bertz CT molecular complexity index is 185. The van der Waals surface area contributed by atoms with Crippen molar-refractivity contribution in [2.24, 2.45) is 0 Å². The lowest BCUT2D eigenvalue weighted by molar-refractivity contribution is 0.602. The lowest BCUT2D eigenvalue weighted by atomic mass is 10.4. The maximum atomic E-state index is 10.4. The van der Waals surface area contributed by atoms with Crippen LogP contribution in [0.4, 0.5) is 0 Å². The van der Waals surface area contributed by atoms with Crippen molar-refractivity contribution in [2.45, 2.75) is 25.7 Å². The topological polar surface area (TPSA) is 34.1 Å². The van der Waals surface area contributed by atoms with Crippen LogP contribution < -0.4 is 0 Å². The second kappa shape index (κ2) is 5.12. The molecule has 0 amide bonds. The van der Waals surface area contributed by atoms with Gasteiger partial charge in [-0.05, 0) is 37.2 Å². The van der Waals surface area contributed by atoms with E-state index in [1.807, 2.05) is 0 Å². The lowest BCUT2D eigenvalue weighted by Crippen LogP contribution is -1.98. The van der Waals surface area contributed by atoms with Gasteiger partial charge in [0, 0.05) is 0 Å². The maximum absolute atomic E-state index is 10.4. The summed E-state index contributed by atoms with van der Waals surface area (Å²) in [5.74, 6) is 3.68. The highest BCUT2D eigenvalue weighted by molar-refractivity contribution is 7.99. The molecule has 0 unspecified atom stereocenters. The van der Waals surface area contributed by atoms with Gasteiger partial charge in [-0.2, -0.15) is 11.8 Å². The number of hydrogen-bond donors (Lipinski definition) is 0. The third kappa shape index (κ3) is 4.36. The predicted octanol–water partition coefficient (Wildman–Crippen LogP) is 1.71. The van der Waals surface area contributed by atoms with Gasteiger partial charge in [0.05, 0.1) is 11.5 Å². The summed E-state index contributed by atoms with van der Waals surface area (Å²) >= 11 is 2.07. The molecule has 0 aliphatic carbocycles. The number of thioether (sulfide) groups is 1. The van der Waals surface area contributed by atoms with Crippen LogP contribution in [0.15, 0.2) is 0 Å². The van der Waals surface area contributed by atoms with Crippen LogP contribution in [0.5, 0.6) is 0 Å². The van der Waals surface area contributed by atoms with Gasteiger partial charge in [0.25, 0.3) is 0 Å². The van der Waals surface area contributed by atoms with Crippen LogP contribution in [-0.4, -0.2) is 31.4 Å². The first-order chi connectivity index (χ1) is 5.71. The molecule has 72 valence electrons. The zero-order valence-corrected chi connectivity index (χ0v) is 8.92. The molecule has 0 aromatic rings. The van der Waals surface area contributed by atoms with Crippen molar-refractivity contribution in [1.82, 2.24) is 0 Å². The zero-order chi connectivity index (χ0) is 8.86. The molecule has 2 fully saturated rings. The molecule has 0 aromatic carbocycles. The van der Waals surface area contributed by atoms with E-state index in [0.29, 0.717) is 11.5 Å². The Morgan fingerprint density at radius 2 is 1.33 bits per heavy atom. The minimum Gasteiger partial charge on any atom is -0.229 e. The predicted molar refractivity (Wildman–Crippen MR) is 54.4 cm³/mol. The number of rotatable bonds is 0. The maximum Gasteiger partial charge on any atom is 0.150 e. The van der Waals surface area contributed by atoms with E-state index in [0.717, 1.165) is 12.8 Å². The Morgan fingerprint density at radius 1 is 0.833 bits per heavy atom. The molecular weight excluding hydrogens is 192 g/mol. The second-order valence-electron chi connectivity index (χ2n) is 3.18. The first-order valence-corrected chi connectivity index (χ1v) is 7.46. The standard InChI is InChI=1S/C4H8O2S.C4H8S/c5-7(6)3-1-2-4-7;1-2-4-5-3-1/h1-4H2;1-4H2. The van der Waals surface area contributed by atoms with Gasteiger partial charge in [0.2, 0.25) is 0 Å². The highest BCUT2D eigenvalue weighted by atomic mass is 32.2. The molecule has 2 nitrogen and oxygen atoms in total. The van der Waals surface area contributed by atoms with E-state index in [2.05, 4.69) is 11.8 Å². The molecule has 4 heteroatoms. The Kier molecular flexibility index (Phi) is 4.43. The molecule has 0 bridgehead atoms. The van der Waals surface area contributed by atoms with Gasteiger partial charge in [-0.3, -0.25) is 0 Å². The van der Waals surface area contributed by atoms with Crippen molar-refractivity contribution in [3.05, 3.63) is 0 Å². The largest absolute Gasteiger partial charge is 0.229 e. The lowest BCUT2D eigenvalue weighted by Gasteiger charge is -1.81.